The zero-order chi connectivity index (χ0) is 18.8. The third-order valence-corrected chi connectivity index (χ3v) is 5.63. The lowest BCUT2D eigenvalue weighted by atomic mass is 10.2. The van der Waals surface area contributed by atoms with Crippen molar-refractivity contribution in [2.75, 3.05) is 5.32 Å². The number of hydrogen-bond acceptors (Lipinski definition) is 4. The molecule has 3 N–H and O–H groups in total. The van der Waals surface area contributed by atoms with E-state index in [4.69, 9.17) is 40.5 Å². The molecule has 132 valence electrons. The standard InChI is InChI=1S/C17H10Cl2N2O3S2/c18-11-6-5-8(7-10(11)16(23)24)20-17(25)21-15(22)14-13(19)9-3-1-2-4-12(9)26-14/h1-7H,(H,23,24)(H2,20,21,22,25). The van der Waals surface area contributed by atoms with Gasteiger partial charge in [0, 0.05) is 15.8 Å². The normalized spacial score (nSPS) is 10.5. The molecule has 0 aliphatic carbocycles. The fourth-order valence-corrected chi connectivity index (χ4v) is 4.07. The van der Waals surface area contributed by atoms with E-state index in [1.165, 1.54) is 23.5 Å². The molecule has 1 amide bonds. The van der Waals surface area contributed by atoms with Gasteiger partial charge in [0.15, 0.2) is 5.11 Å². The van der Waals surface area contributed by atoms with E-state index in [2.05, 4.69) is 10.6 Å². The molecule has 0 aliphatic heterocycles. The number of nitrogens with one attached hydrogen (secondary N) is 2. The van der Waals surface area contributed by atoms with Crippen molar-refractivity contribution in [2.45, 2.75) is 0 Å². The SMILES string of the molecule is O=C(O)c1cc(NC(=S)NC(=O)c2sc3ccccc3c2Cl)ccc1Cl. The molecule has 0 spiro atoms. The summed E-state index contributed by atoms with van der Waals surface area (Å²) in [6.07, 6.45) is 0. The number of anilines is 1. The summed E-state index contributed by atoms with van der Waals surface area (Å²) in [5.74, 6) is -1.60. The van der Waals surface area contributed by atoms with Crippen LogP contribution in [0.1, 0.15) is 20.0 Å². The van der Waals surface area contributed by atoms with Crippen molar-refractivity contribution < 1.29 is 14.7 Å². The van der Waals surface area contributed by atoms with Crippen LogP contribution in [0, 0.1) is 0 Å². The van der Waals surface area contributed by atoms with Crippen LogP contribution in [-0.2, 0) is 0 Å². The van der Waals surface area contributed by atoms with Gasteiger partial charge in [-0.05, 0) is 36.5 Å². The molecule has 3 rings (SSSR count). The second kappa shape index (κ2) is 7.59. The second-order valence-electron chi connectivity index (χ2n) is 5.15. The van der Waals surface area contributed by atoms with Crippen molar-refractivity contribution in [1.29, 1.82) is 0 Å². The Hall–Kier alpha value is -2.19. The zero-order valence-electron chi connectivity index (χ0n) is 12.9. The summed E-state index contributed by atoms with van der Waals surface area (Å²) in [6.45, 7) is 0. The lowest BCUT2D eigenvalue weighted by Gasteiger charge is -2.10. The topological polar surface area (TPSA) is 78.4 Å². The molecule has 1 heterocycles. The summed E-state index contributed by atoms with van der Waals surface area (Å²) in [7, 11) is 0. The lowest BCUT2D eigenvalue weighted by Crippen LogP contribution is -2.33. The molecule has 26 heavy (non-hydrogen) atoms. The highest BCUT2D eigenvalue weighted by Crippen LogP contribution is 2.35. The molecule has 0 saturated carbocycles. The van der Waals surface area contributed by atoms with Gasteiger partial charge in [0.25, 0.3) is 5.91 Å². The van der Waals surface area contributed by atoms with Gasteiger partial charge in [-0.25, -0.2) is 4.79 Å². The molecule has 1 aromatic heterocycles. The van der Waals surface area contributed by atoms with Crippen LogP contribution in [0.15, 0.2) is 42.5 Å². The number of carboxylic acids is 1. The van der Waals surface area contributed by atoms with Gasteiger partial charge >= 0.3 is 5.97 Å². The third kappa shape index (κ3) is 3.81. The predicted octanol–water partition coefficient (Wildman–Crippen LogP) is 5.03. The summed E-state index contributed by atoms with van der Waals surface area (Å²) in [5.41, 5.74) is 0.317. The van der Waals surface area contributed by atoms with E-state index in [9.17, 15) is 9.59 Å². The number of amides is 1. The zero-order valence-corrected chi connectivity index (χ0v) is 16.0. The van der Waals surface area contributed by atoms with Gasteiger partial charge in [-0.3, -0.25) is 10.1 Å². The molecule has 0 fully saturated rings. The Labute approximate surface area is 167 Å². The molecule has 2 aromatic carbocycles. The number of fused-ring (bicyclic) bond motifs is 1. The highest BCUT2D eigenvalue weighted by atomic mass is 35.5. The van der Waals surface area contributed by atoms with Gasteiger partial charge in [-0.2, -0.15) is 0 Å². The van der Waals surface area contributed by atoms with Crippen molar-refractivity contribution >= 4 is 79.5 Å². The van der Waals surface area contributed by atoms with E-state index < -0.39 is 11.9 Å². The van der Waals surface area contributed by atoms with Gasteiger partial charge in [0.1, 0.15) is 4.88 Å². The first-order valence-corrected chi connectivity index (χ1v) is 9.17. The smallest absolute Gasteiger partial charge is 0.337 e. The van der Waals surface area contributed by atoms with Crippen LogP contribution < -0.4 is 10.6 Å². The first-order chi connectivity index (χ1) is 12.4. The minimum Gasteiger partial charge on any atom is -0.478 e. The average Bonchev–Trinajstić information content (AvgIpc) is 2.93. The maximum Gasteiger partial charge on any atom is 0.337 e. The summed E-state index contributed by atoms with van der Waals surface area (Å²) in [5, 5.41) is 15.7. The number of carbonyl (C=O) groups is 2. The molecule has 0 unspecified atom stereocenters. The number of thiophene rings is 1. The Bertz CT molecular complexity index is 1050. The molecule has 0 aliphatic rings. The van der Waals surface area contributed by atoms with Crippen LogP contribution in [0.25, 0.3) is 10.1 Å². The fraction of sp³-hybridized carbons (Fsp3) is 0. The van der Waals surface area contributed by atoms with Crippen molar-refractivity contribution in [2.24, 2.45) is 0 Å². The monoisotopic (exact) mass is 424 g/mol. The number of carboxylic acid groups (broad SMARTS) is 1. The Morgan fingerprint density at radius 3 is 2.54 bits per heavy atom. The number of thiocarbonyl (C=S) groups is 1. The average molecular weight is 425 g/mol. The van der Waals surface area contributed by atoms with Crippen LogP contribution in [0.5, 0.6) is 0 Å². The predicted molar refractivity (Wildman–Crippen MR) is 109 cm³/mol. The van der Waals surface area contributed by atoms with Crippen LogP contribution in [0.2, 0.25) is 10.0 Å². The van der Waals surface area contributed by atoms with Crippen molar-refractivity contribution in [3.05, 3.63) is 63.0 Å². The summed E-state index contributed by atoms with van der Waals surface area (Å²) < 4.78 is 0.894. The molecule has 0 radical (unpaired) electrons. The summed E-state index contributed by atoms with van der Waals surface area (Å²) >= 11 is 18.5. The maximum absolute atomic E-state index is 12.4. The van der Waals surface area contributed by atoms with E-state index >= 15 is 0 Å². The van der Waals surface area contributed by atoms with E-state index in [-0.39, 0.29) is 15.7 Å². The maximum atomic E-state index is 12.4. The minimum atomic E-state index is -1.16. The Balaban J connectivity index is 1.75. The Morgan fingerprint density at radius 1 is 1.12 bits per heavy atom. The highest BCUT2D eigenvalue weighted by molar-refractivity contribution is 7.80. The highest BCUT2D eigenvalue weighted by Gasteiger charge is 2.18. The largest absolute Gasteiger partial charge is 0.478 e. The van der Waals surface area contributed by atoms with E-state index in [1.54, 1.807) is 6.07 Å². The van der Waals surface area contributed by atoms with Crippen LogP contribution in [-0.4, -0.2) is 22.1 Å². The molecular weight excluding hydrogens is 415 g/mol. The van der Waals surface area contributed by atoms with Crippen molar-refractivity contribution in [1.82, 2.24) is 5.32 Å². The molecule has 3 aromatic rings. The number of aromatic carboxylic acids is 1. The molecule has 5 nitrogen and oxygen atoms in total. The summed E-state index contributed by atoms with van der Waals surface area (Å²) in [4.78, 5) is 23.9. The van der Waals surface area contributed by atoms with Crippen LogP contribution >= 0.6 is 46.8 Å². The van der Waals surface area contributed by atoms with Crippen molar-refractivity contribution in [3.63, 3.8) is 0 Å². The minimum absolute atomic E-state index is 0.0159. The Morgan fingerprint density at radius 2 is 1.85 bits per heavy atom. The van der Waals surface area contributed by atoms with E-state index in [0.717, 1.165) is 10.1 Å². The molecule has 0 saturated heterocycles. The van der Waals surface area contributed by atoms with Gasteiger partial charge in [0.05, 0.1) is 15.6 Å². The lowest BCUT2D eigenvalue weighted by molar-refractivity contribution is 0.0697. The molecular formula is C17H10Cl2N2O3S2. The fourth-order valence-electron chi connectivity index (χ4n) is 2.25. The van der Waals surface area contributed by atoms with Crippen LogP contribution in [0.4, 0.5) is 5.69 Å². The van der Waals surface area contributed by atoms with Gasteiger partial charge in [-0.15, -0.1) is 11.3 Å². The van der Waals surface area contributed by atoms with Gasteiger partial charge < -0.3 is 10.4 Å². The first-order valence-electron chi connectivity index (χ1n) is 7.19. The van der Waals surface area contributed by atoms with Crippen molar-refractivity contribution in [3.8, 4) is 0 Å². The number of halogens is 2. The van der Waals surface area contributed by atoms with Gasteiger partial charge in [-0.1, -0.05) is 41.4 Å². The third-order valence-electron chi connectivity index (χ3n) is 3.42. The first kappa shape index (κ1) is 18.6. The number of hydrogen-bond donors (Lipinski definition) is 3. The Kier molecular flexibility index (Phi) is 5.43. The number of benzene rings is 2. The van der Waals surface area contributed by atoms with E-state index in [0.29, 0.717) is 15.6 Å². The van der Waals surface area contributed by atoms with E-state index in [1.807, 2.05) is 24.3 Å². The summed E-state index contributed by atoms with van der Waals surface area (Å²) in [6, 6.07) is 11.7. The molecule has 9 heteroatoms. The number of carbonyl (C=O) groups excluding carboxylic acids is 1. The second-order valence-corrected chi connectivity index (χ2v) is 7.39. The molecule has 0 atom stereocenters. The quantitative estimate of drug-likeness (QED) is 0.513. The molecule has 0 bridgehead atoms. The van der Waals surface area contributed by atoms with Gasteiger partial charge in [0.2, 0.25) is 0 Å². The number of rotatable bonds is 3. The van der Waals surface area contributed by atoms with Crippen LogP contribution in [0.3, 0.4) is 0 Å².